The molecule has 52 nitrogen and oxygen atoms in total. The minimum atomic E-state index is -2.16. The van der Waals surface area contributed by atoms with Crippen LogP contribution in [0.2, 0.25) is 0 Å². The molecule has 0 radical (unpaired) electrons. The van der Waals surface area contributed by atoms with E-state index in [9.17, 15) is 97.5 Å². The van der Waals surface area contributed by atoms with Crippen molar-refractivity contribution in [3.63, 3.8) is 0 Å². The van der Waals surface area contributed by atoms with Crippen molar-refractivity contribution in [1.82, 2.24) is 115 Å². The van der Waals surface area contributed by atoms with Crippen molar-refractivity contribution < 1.29 is 126 Å². The Kier molecular flexibility index (Phi) is 55.1. The molecule has 2 fully saturated rings. The second-order valence-electron chi connectivity index (χ2n) is 35.6. The van der Waals surface area contributed by atoms with E-state index < -0.39 is 276 Å². The van der Waals surface area contributed by atoms with Crippen LogP contribution < -0.4 is 97.0 Å². The van der Waals surface area contributed by atoms with Gasteiger partial charge in [0.25, 0.3) is 0 Å². The number of aromatic nitrogens is 5. The van der Waals surface area contributed by atoms with Crippen LogP contribution in [0.3, 0.4) is 0 Å². The number of hydrogen-bond donors (Lipinski definition) is 26. The van der Waals surface area contributed by atoms with Crippen molar-refractivity contribution in [2.24, 2.45) is 17.2 Å². The molecule has 12 atom stereocenters. The Morgan fingerprint density at radius 2 is 1.15 bits per heavy atom. The molecular weight excluding hydrogens is 1900 g/mol. The Hall–Kier alpha value is -14.0. The summed E-state index contributed by atoms with van der Waals surface area (Å²) in [6.07, 6.45) is 12.9. The summed E-state index contributed by atoms with van der Waals surface area (Å²) in [5.74, 6) is -20.0. The zero-order chi connectivity index (χ0) is 106. The van der Waals surface area contributed by atoms with Gasteiger partial charge in [0, 0.05) is 94.8 Å². The van der Waals surface area contributed by atoms with Gasteiger partial charge in [0.05, 0.1) is 65.3 Å². The fourth-order valence-electron chi connectivity index (χ4n) is 16.0. The standard InChI is InChI=1S/C93H144N26O26/c1-2-3-28-63(83(134)109-66-35-37-76(125)98-38-23-22-30-62(82(95)133)105-87(138)68(45-58-47-101-61-29-21-20-27-60(58)61)110-84(135)64(31-24-39-100-93(96)97)106-86(137)67(44-57-25-16-15-17-26-57)111-91(142)72-46-59(122)50-119(72)92(66)143)107-88(139)69(48-102-78(127)51-118(52-80(129)130)53-81(131)132)112-90(141)71(55-121)113-85(136)65(34-36-73(94)123)108-89(140)70(54-120)104-77(126)49-103-79(128)56-145-43-42-144-41-40-99-75(124)33-19-14-12-10-8-6-4-5-7-9-11-13-18-32-74-114-116-117-115-74/h15-17,20-21,25-27,29,47,59,62-72,101,120-122H,2-14,18-19,22-24,28,30-46,48-56H2,1H3,(H2,94,123)(H2,95,133)(H,98,125)(H,99,124)(H,102,127)(H,103,128)(H,104,126)(H,105,138)(H,106,137)(H,107,139)(H,108,140)(H,109,134)(H,110,135)(H,111,142)(H,112,141)(H,113,136)(H,129,130)(H,131,132)(H4,96,97,100)(H,114,115,116,117)/t59-,62+,63+,64+,65+,66+,67-,68-,69+,70+,71+,72+/m1/s1. The Labute approximate surface area is 837 Å². The highest BCUT2D eigenvalue weighted by Crippen LogP contribution is 2.24. The van der Waals surface area contributed by atoms with E-state index in [1.807, 2.05) is 0 Å². The van der Waals surface area contributed by atoms with Gasteiger partial charge in [0.1, 0.15) is 78.9 Å². The summed E-state index contributed by atoms with van der Waals surface area (Å²) >= 11 is 0. The number of aryl methyl sites for hydroxylation is 1. The molecular formula is C93H144N26O26. The topological polar surface area (TPSA) is 803 Å². The number of ether oxygens (including phenoxy) is 2. The lowest BCUT2D eigenvalue weighted by atomic mass is 10.0. The zero-order valence-corrected chi connectivity index (χ0v) is 81.8. The van der Waals surface area contributed by atoms with Crippen molar-refractivity contribution in [2.75, 3.05) is 98.5 Å². The summed E-state index contributed by atoms with van der Waals surface area (Å²) < 4.78 is 10.8. The van der Waals surface area contributed by atoms with Crippen LogP contribution in [-0.4, -0.2) is 350 Å². The molecule has 2 saturated heterocycles. The molecule has 0 aliphatic carbocycles. The van der Waals surface area contributed by atoms with Gasteiger partial charge in [-0.2, -0.15) is 0 Å². The van der Waals surface area contributed by atoms with Crippen LogP contribution >= 0.6 is 0 Å². The molecule has 0 spiro atoms. The Balaban J connectivity index is 1.13. The molecule has 0 saturated carbocycles. The number of fused-ring (bicyclic) bond motifs is 2. The third kappa shape index (κ3) is 47.0. The third-order valence-electron chi connectivity index (χ3n) is 23.8. The van der Waals surface area contributed by atoms with E-state index in [1.54, 1.807) is 67.7 Å². The van der Waals surface area contributed by atoms with E-state index in [0.717, 1.165) is 55.7 Å². The number of carbonyl (C=O) groups is 19. The maximum atomic E-state index is 15.4. The second kappa shape index (κ2) is 66.8. The molecule has 4 heterocycles. The zero-order valence-electron chi connectivity index (χ0n) is 81.8. The monoisotopic (exact) mass is 2040 g/mol. The smallest absolute Gasteiger partial charge is 0.317 e. The number of carbonyl (C=O) groups excluding carboxylic acids is 17. The van der Waals surface area contributed by atoms with Crippen molar-refractivity contribution in [2.45, 2.75) is 272 Å². The number of rotatable bonds is 62. The summed E-state index contributed by atoms with van der Waals surface area (Å²) in [6, 6.07) is -3.91. The number of hydrogen-bond acceptors (Lipinski definition) is 29. The number of primary amides is 2. The lowest BCUT2D eigenvalue weighted by molar-refractivity contribution is -0.143. The van der Waals surface area contributed by atoms with Gasteiger partial charge < -0.3 is 142 Å². The molecule has 17 amide bonds. The molecule has 52 heteroatoms. The van der Waals surface area contributed by atoms with Gasteiger partial charge in [0.15, 0.2) is 5.96 Å². The normalized spacial score (nSPS) is 18.3. The highest BCUT2D eigenvalue weighted by molar-refractivity contribution is 6.01. The number of aliphatic hydroxyl groups is 3. The molecule has 2 aromatic heterocycles. The van der Waals surface area contributed by atoms with Crippen LogP contribution in [0.25, 0.3) is 10.9 Å². The van der Waals surface area contributed by atoms with Crippen LogP contribution in [0.5, 0.6) is 0 Å². The molecule has 802 valence electrons. The predicted molar refractivity (Wildman–Crippen MR) is 519 cm³/mol. The molecule has 2 aliphatic rings. The number of para-hydroxylation sites is 1. The number of tetrazole rings is 1. The number of benzene rings is 2. The molecule has 0 unspecified atom stereocenters. The Bertz CT molecular complexity index is 4850. The number of carboxylic acids is 2. The first-order valence-corrected chi connectivity index (χ1v) is 49.1. The number of nitrogens with two attached hydrogens (primary N) is 3. The first kappa shape index (κ1) is 120. The number of guanidine groups is 1. The van der Waals surface area contributed by atoms with Crippen molar-refractivity contribution in [3.8, 4) is 0 Å². The maximum absolute atomic E-state index is 15.4. The second-order valence-corrected chi connectivity index (χ2v) is 35.6. The first-order valence-electron chi connectivity index (χ1n) is 49.1. The molecule has 145 heavy (non-hydrogen) atoms. The average molecular weight is 2040 g/mol. The Morgan fingerprint density at radius 1 is 0.566 bits per heavy atom. The number of aliphatic carboxylic acids is 2. The van der Waals surface area contributed by atoms with Crippen LogP contribution in [0, 0.1) is 5.41 Å². The van der Waals surface area contributed by atoms with Crippen LogP contribution in [0.4, 0.5) is 0 Å². The van der Waals surface area contributed by atoms with Crippen LogP contribution in [-0.2, 0) is 120 Å². The van der Waals surface area contributed by atoms with Gasteiger partial charge in [-0.3, -0.25) is 101 Å². The largest absolute Gasteiger partial charge is 0.480 e. The van der Waals surface area contributed by atoms with Crippen LogP contribution in [0.15, 0.2) is 60.8 Å². The number of H-pyrrole nitrogens is 2. The van der Waals surface area contributed by atoms with E-state index in [4.69, 9.17) is 32.1 Å². The summed E-state index contributed by atoms with van der Waals surface area (Å²) in [6.45, 7) is -6.36. The highest BCUT2D eigenvalue weighted by Gasteiger charge is 2.45. The number of nitrogens with one attached hydrogen (secondary N) is 18. The van der Waals surface area contributed by atoms with Crippen molar-refractivity contribution >= 4 is 129 Å². The number of nitrogens with zero attached hydrogens (tertiary/aromatic N) is 5. The summed E-state index contributed by atoms with van der Waals surface area (Å²) in [4.78, 5) is 267. The summed E-state index contributed by atoms with van der Waals surface area (Å²) in [5, 5.41) is 111. The quantitative estimate of drug-likeness (QED) is 0.0111. The molecule has 4 aromatic rings. The van der Waals surface area contributed by atoms with Gasteiger partial charge in [-0.15, -0.1) is 5.10 Å². The summed E-state index contributed by atoms with van der Waals surface area (Å²) in [5.41, 5.74) is 18.6. The SMILES string of the molecule is CCCC[C@H](NC(=O)[C@H](CNC(=O)CN(CC(=O)O)CC(=O)O)NC(=O)[C@H](CO)NC(=O)[C@H](CCC(N)=O)NC(=O)[C@H](CO)NC(=O)CNC(=O)COCCOCCNC(=O)CCCCCCCCCCCCCCCc1nnn[nH]1)C(=O)N[C@H]1CCC(=O)NCCCC[C@@H](C(N)=O)NC(=O)[C@@H](Cc2c[nH]c3ccccc23)NC(=O)[C@H](CCCNC(=N)N)NC(=O)[C@@H](Cc2ccccc2)NC(=O)[C@@H]2C[C@@H](O)CN2C1=O. The molecule has 0 bridgehead atoms. The Morgan fingerprint density at radius 3 is 1.79 bits per heavy atom. The van der Waals surface area contributed by atoms with E-state index in [0.29, 0.717) is 39.8 Å². The lowest BCUT2D eigenvalue weighted by Gasteiger charge is -2.31. The van der Waals surface area contributed by atoms with Gasteiger partial charge in [-0.1, -0.05) is 139 Å². The van der Waals surface area contributed by atoms with Gasteiger partial charge in [-0.25, -0.2) is 5.10 Å². The molecule has 6 rings (SSSR count). The first-order chi connectivity index (χ1) is 69.5. The minimum Gasteiger partial charge on any atom is -0.480 e. The summed E-state index contributed by atoms with van der Waals surface area (Å²) in [7, 11) is 0. The predicted octanol–water partition coefficient (Wildman–Crippen LogP) is -5.90. The van der Waals surface area contributed by atoms with Crippen molar-refractivity contribution in [1.29, 1.82) is 5.41 Å². The van der Waals surface area contributed by atoms with E-state index in [1.165, 1.54) is 44.9 Å². The highest BCUT2D eigenvalue weighted by atomic mass is 16.5. The van der Waals surface area contributed by atoms with Crippen molar-refractivity contribution in [3.05, 3.63) is 77.7 Å². The van der Waals surface area contributed by atoms with E-state index in [2.05, 4.69) is 105 Å². The molecule has 2 aromatic carbocycles. The van der Waals surface area contributed by atoms with Gasteiger partial charge >= 0.3 is 11.9 Å². The maximum Gasteiger partial charge on any atom is 0.317 e. The van der Waals surface area contributed by atoms with E-state index >= 15 is 19.2 Å². The average Bonchev–Trinajstić information content (AvgIpc) is 1.67. The lowest BCUT2D eigenvalue weighted by Crippen LogP contribution is -2.62. The van der Waals surface area contributed by atoms with Gasteiger partial charge in [0.2, 0.25) is 100 Å². The molecule has 2 aliphatic heterocycles. The number of amides is 17. The number of aromatic amines is 2. The minimum absolute atomic E-state index is 0.0124. The fraction of sp³-hybridized carbons (Fsp3) is 0.624. The van der Waals surface area contributed by atoms with E-state index in [-0.39, 0.29) is 103 Å². The third-order valence-corrected chi connectivity index (χ3v) is 23.8. The van der Waals surface area contributed by atoms with Gasteiger partial charge in [-0.05, 0) is 91.8 Å². The molecule has 29 N–H and O–H groups in total. The number of aliphatic hydroxyl groups excluding tert-OH is 3. The number of carboxylic acid groups (broad SMARTS) is 2. The van der Waals surface area contributed by atoms with Crippen LogP contribution in [0.1, 0.15) is 197 Å². The fourth-order valence-corrected chi connectivity index (χ4v) is 16.0. The number of unbranched alkanes of at least 4 members (excludes halogenated alkanes) is 13.